The number of nitrogens with one attached hydrogen (secondary N) is 1. The lowest BCUT2D eigenvalue weighted by atomic mass is 9.51. The van der Waals surface area contributed by atoms with Crippen LogP contribution in [0.4, 0.5) is 0 Å². The number of carboxylic acid groups (broad SMARTS) is 1. The number of carbonyl (C=O) groups excluding carboxylic acids is 1. The molecule has 0 aromatic rings. The molecule has 4 heteroatoms. The second-order valence-corrected chi connectivity index (χ2v) is 6.94. The lowest BCUT2D eigenvalue weighted by molar-refractivity contribution is -0.142. The quantitative estimate of drug-likeness (QED) is 0.816. The standard InChI is InChI=1S/C15H23NO3/c1-8(15(18)19)7-16-14(17)13-11-3-9-2-10(5-11)6-12(13)4-9/h8-13H,2-7H2,1H3,(H,16,17)(H,18,19). The number of rotatable bonds is 4. The zero-order valence-corrected chi connectivity index (χ0v) is 11.5. The van der Waals surface area contributed by atoms with E-state index in [1.165, 1.54) is 32.1 Å². The van der Waals surface area contributed by atoms with Crippen LogP contribution >= 0.6 is 0 Å². The average Bonchev–Trinajstić information content (AvgIpc) is 2.34. The summed E-state index contributed by atoms with van der Waals surface area (Å²) in [5.74, 6) is 1.80. The molecule has 4 bridgehead atoms. The van der Waals surface area contributed by atoms with E-state index in [9.17, 15) is 9.59 Å². The molecule has 0 saturated heterocycles. The van der Waals surface area contributed by atoms with Gasteiger partial charge in [0.25, 0.3) is 0 Å². The molecular formula is C15H23NO3. The normalized spacial score (nSPS) is 41.0. The molecule has 0 radical (unpaired) electrons. The second kappa shape index (κ2) is 4.80. The maximum atomic E-state index is 12.4. The Labute approximate surface area is 113 Å². The maximum Gasteiger partial charge on any atom is 0.308 e. The molecule has 4 rings (SSSR count). The van der Waals surface area contributed by atoms with E-state index in [1.807, 2.05) is 0 Å². The molecule has 0 aromatic carbocycles. The fraction of sp³-hybridized carbons (Fsp3) is 0.867. The van der Waals surface area contributed by atoms with Gasteiger partial charge in [-0.15, -0.1) is 0 Å². The molecular weight excluding hydrogens is 242 g/mol. The van der Waals surface area contributed by atoms with Crippen LogP contribution in [0, 0.1) is 35.5 Å². The summed E-state index contributed by atoms with van der Waals surface area (Å²) in [6, 6.07) is 0. The summed E-state index contributed by atoms with van der Waals surface area (Å²) in [4.78, 5) is 23.1. The highest BCUT2D eigenvalue weighted by molar-refractivity contribution is 5.80. The second-order valence-electron chi connectivity index (χ2n) is 6.94. The largest absolute Gasteiger partial charge is 0.481 e. The van der Waals surface area contributed by atoms with Crippen LogP contribution in [-0.2, 0) is 9.59 Å². The Hall–Kier alpha value is -1.06. The van der Waals surface area contributed by atoms with Gasteiger partial charge in [0.2, 0.25) is 5.91 Å². The van der Waals surface area contributed by atoms with E-state index in [1.54, 1.807) is 6.92 Å². The highest BCUT2D eigenvalue weighted by atomic mass is 16.4. The van der Waals surface area contributed by atoms with Gasteiger partial charge in [-0.3, -0.25) is 9.59 Å². The topological polar surface area (TPSA) is 66.4 Å². The zero-order valence-electron chi connectivity index (χ0n) is 11.5. The van der Waals surface area contributed by atoms with Crippen LogP contribution in [0.2, 0.25) is 0 Å². The van der Waals surface area contributed by atoms with E-state index < -0.39 is 11.9 Å². The summed E-state index contributed by atoms with van der Waals surface area (Å²) in [7, 11) is 0. The lowest BCUT2D eigenvalue weighted by Gasteiger charge is -2.53. The van der Waals surface area contributed by atoms with Crippen LogP contribution in [0.1, 0.15) is 39.0 Å². The first-order valence-corrected chi connectivity index (χ1v) is 7.55. The third kappa shape index (κ3) is 2.37. The lowest BCUT2D eigenvalue weighted by Crippen LogP contribution is -2.51. The Kier molecular flexibility index (Phi) is 3.27. The Morgan fingerprint density at radius 3 is 2.11 bits per heavy atom. The molecule has 19 heavy (non-hydrogen) atoms. The predicted molar refractivity (Wildman–Crippen MR) is 70.3 cm³/mol. The number of carboxylic acids is 1. The van der Waals surface area contributed by atoms with Crippen molar-refractivity contribution in [1.82, 2.24) is 5.32 Å². The number of hydrogen-bond acceptors (Lipinski definition) is 2. The third-order valence-corrected chi connectivity index (χ3v) is 5.53. The van der Waals surface area contributed by atoms with Crippen LogP contribution in [0.15, 0.2) is 0 Å². The summed E-state index contributed by atoms with van der Waals surface area (Å²) in [6.45, 7) is 1.90. The molecule has 4 fully saturated rings. The Balaban J connectivity index is 1.60. The van der Waals surface area contributed by atoms with Crippen molar-refractivity contribution in [3.63, 3.8) is 0 Å². The Morgan fingerprint density at radius 2 is 1.63 bits per heavy atom. The van der Waals surface area contributed by atoms with Gasteiger partial charge in [0.05, 0.1) is 5.92 Å². The van der Waals surface area contributed by atoms with Crippen molar-refractivity contribution in [2.45, 2.75) is 39.0 Å². The molecule has 0 aromatic heterocycles. The Bertz CT molecular complexity index is 365. The molecule has 2 N–H and O–H groups in total. The smallest absolute Gasteiger partial charge is 0.308 e. The molecule has 4 aliphatic carbocycles. The minimum absolute atomic E-state index is 0.113. The van der Waals surface area contributed by atoms with Crippen molar-refractivity contribution in [3.8, 4) is 0 Å². The molecule has 1 unspecified atom stereocenters. The van der Waals surface area contributed by atoms with Crippen molar-refractivity contribution in [2.24, 2.45) is 35.5 Å². The van der Waals surface area contributed by atoms with Gasteiger partial charge in [-0.25, -0.2) is 0 Å². The minimum atomic E-state index is -0.842. The number of hydrogen-bond donors (Lipinski definition) is 2. The summed E-state index contributed by atoms with van der Waals surface area (Å²) in [5.41, 5.74) is 0. The first-order chi connectivity index (χ1) is 9.04. The molecule has 106 valence electrons. The fourth-order valence-electron chi connectivity index (χ4n) is 4.81. The molecule has 0 heterocycles. The van der Waals surface area contributed by atoms with Crippen LogP contribution in [0.3, 0.4) is 0 Å². The molecule has 4 saturated carbocycles. The predicted octanol–water partition coefficient (Wildman–Crippen LogP) is 1.90. The van der Waals surface area contributed by atoms with Crippen molar-refractivity contribution in [1.29, 1.82) is 0 Å². The number of amides is 1. The molecule has 4 aliphatic rings. The van der Waals surface area contributed by atoms with E-state index in [4.69, 9.17) is 5.11 Å². The van der Waals surface area contributed by atoms with Crippen LogP contribution in [-0.4, -0.2) is 23.5 Å². The van der Waals surface area contributed by atoms with E-state index >= 15 is 0 Å². The first kappa shape index (κ1) is 12.9. The highest BCUT2D eigenvalue weighted by Gasteiger charge is 2.50. The summed E-state index contributed by atoms with van der Waals surface area (Å²) in [6.07, 6.45) is 6.27. The van der Waals surface area contributed by atoms with Gasteiger partial charge >= 0.3 is 5.97 Å². The molecule has 0 spiro atoms. The van der Waals surface area contributed by atoms with E-state index in [0.29, 0.717) is 11.8 Å². The molecule has 1 amide bonds. The number of aliphatic carboxylic acids is 1. The van der Waals surface area contributed by atoms with Gasteiger partial charge in [-0.05, 0) is 55.8 Å². The van der Waals surface area contributed by atoms with Crippen molar-refractivity contribution >= 4 is 11.9 Å². The van der Waals surface area contributed by atoms with Gasteiger partial charge < -0.3 is 10.4 Å². The van der Waals surface area contributed by atoms with Crippen molar-refractivity contribution < 1.29 is 14.7 Å². The minimum Gasteiger partial charge on any atom is -0.481 e. The Morgan fingerprint density at radius 1 is 1.11 bits per heavy atom. The van der Waals surface area contributed by atoms with Gasteiger partial charge in [0.15, 0.2) is 0 Å². The summed E-state index contributed by atoms with van der Waals surface area (Å²) in [5, 5.41) is 11.7. The van der Waals surface area contributed by atoms with Crippen molar-refractivity contribution in [3.05, 3.63) is 0 Å². The van der Waals surface area contributed by atoms with Gasteiger partial charge in [0.1, 0.15) is 0 Å². The molecule has 4 nitrogen and oxygen atoms in total. The zero-order chi connectivity index (χ0) is 13.6. The van der Waals surface area contributed by atoms with Gasteiger partial charge in [-0.1, -0.05) is 6.92 Å². The van der Waals surface area contributed by atoms with Gasteiger partial charge in [0, 0.05) is 12.5 Å². The number of carbonyl (C=O) groups is 2. The van der Waals surface area contributed by atoms with Crippen LogP contribution in [0.5, 0.6) is 0 Å². The third-order valence-electron chi connectivity index (χ3n) is 5.53. The summed E-state index contributed by atoms with van der Waals surface area (Å²) >= 11 is 0. The van der Waals surface area contributed by atoms with Crippen molar-refractivity contribution in [2.75, 3.05) is 6.54 Å². The van der Waals surface area contributed by atoms with E-state index in [-0.39, 0.29) is 18.4 Å². The van der Waals surface area contributed by atoms with Crippen LogP contribution in [0.25, 0.3) is 0 Å². The van der Waals surface area contributed by atoms with Crippen LogP contribution < -0.4 is 5.32 Å². The van der Waals surface area contributed by atoms with Gasteiger partial charge in [-0.2, -0.15) is 0 Å². The van der Waals surface area contributed by atoms with E-state index in [2.05, 4.69) is 5.32 Å². The van der Waals surface area contributed by atoms with E-state index in [0.717, 1.165) is 11.8 Å². The fourth-order valence-corrected chi connectivity index (χ4v) is 4.81. The first-order valence-electron chi connectivity index (χ1n) is 7.55. The maximum absolute atomic E-state index is 12.4. The monoisotopic (exact) mass is 265 g/mol. The SMILES string of the molecule is CC(CNC(=O)C1C2CC3CC(C2)CC1C3)C(=O)O. The summed E-state index contributed by atoms with van der Waals surface area (Å²) < 4.78 is 0. The highest BCUT2D eigenvalue weighted by Crippen LogP contribution is 2.56. The molecule has 0 aliphatic heterocycles. The average molecular weight is 265 g/mol. The molecule has 1 atom stereocenters.